The second-order valence-corrected chi connectivity index (χ2v) is 5.08. The summed E-state index contributed by atoms with van der Waals surface area (Å²) in [4.78, 5) is 17.0. The van der Waals surface area contributed by atoms with E-state index in [0.717, 1.165) is 22.0 Å². The van der Waals surface area contributed by atoms with Crippen LogP contribution in [0.2, 0.25) is 0 Å². The molecule has 1 N–H and O–H groups in total. The minimum atomic E-state index is 0.0936. The van der Waals surface area contributed by atoms with E-state index in [-0.39, 0.29) is 11.9 Å². The molecule has 1 aromatic heterocycles. The molecule has 0 radical (unpaired) electrons. The first-order chi connectivity index (χ1) is 7.02. The zero-order valence-corrected chi connectivity index (χ0v) is 10.6. The lowest BCUT2D eigenvalue weighted by molar-refractivity contribution is -0.121. The Bertz CT molecular complexity index is 346. The van der Waals surface area contributed by atoms with Crippen LogP contribution in [0.25, 0.3) is 0 Å². The third-order valence-electron chi connectivity index (χ3n) is 2.34. The van der Waals surface area contributed by atoms with Gasteiger partial charge in [0, 0.05) is 10.9 Å². The van der Waals surface area contributed by atoms with Gasteiger partial charge in [-0.3, -0.25) is 4.79 Å². The molecule has 0 aliphatic rings. The molecule has 1 atom stereocenters. The van der Waals surface area contributed by atoms with E-state index in [1.165, 1.54) is 0 Å². The van der Waals surface area contributed by atoms with E-state index in [0.29, 0.717) is 6.42 Å². The normalized spacial score (nSPS) is 12.5. The topological polar surface area (TPSA) is 42.0 Å². The number of amides is 1. The van der Waals surface area contributed by atoms with E-state index in [9.17, 15) is 4.79 Å². The third kappa shape index (κ3) is 3.63. The maximum Gasteiger partial charge on any atom is 0.225 e. The van der Waals surface area contributed by atoms with Gasteiger partial charge in [-0.25, -0.2) is 4.98 Å². The first-order valence-electron chi connectivity index (χ1n) is 5.25. The Morgan fingerprint density at radius 3 is 2.67 bits per heavy atom. The maximum absolute atomic E-state index is 11.6. The van der Waals surface area contributed by atoms with Crippen molar-refractivity contribution in [2.45, 2.75) is 46.6 Å². The number of thiazole rings is 1. The van der Waals surface area contributed by atoms with Crippen molar-refractivity contribution in [2.75, 3.05) is 0 Å². The number of aryl methyl sites for hydroxylation is 2. The molecule has 1 heterocycles. The first kappa shape index (κ1) is 12.2. The second kappa shape index (κ2) is 5.26. The van der Waals surface area contributed by atoms with Crippen molar-refractivity contribution in [3.05, 3.63) is 15.6 Å². The molecule has 4 heteroatoms. The fourth-order valence-corrected chi connectivity index (χ4v) is 2.25. The molecule has 0 saturated heterocycles. The Hall–Kier alpha value is -0.900. The fourth-order valence-electron chi connectivity index (χ4n) is 1.31. The van der Waals surface area contributed by atoms with Gasteiger partial charge >= 0.3 is 0 Å². The van der Waals surface area contributed by atoms with Crippen LogP contribution in [-0.2, 0) is 11.2 Å². The van der Waals surface area contributed by atoms with E-state index < -0.39 is 0 Å². The molecule has 84 valence electrons. The van der Waals surface area contributed by atoms with Gasteiger partial charge in [-0.15, -0.1) is 11.3 Å². The molecule has 0 saturated carbocycles. The molecule has 15 heavy (non-hydrogen) atoms. The van der Waals surface area contributed by atoms with Crippen molar-refractivity contribution in [3.8, 4) is 0 Å². The molecule has 0 fully saturated rings. The average molecular weight is 226 g/mol. The lowest BCUT2D eigenvalue weighted by atomic mass is 10.2. The summed E-state index contributed by atoms with van der Waals surface area (Å²) >= 11 is 1.61. The predicted molar refractivity (Wildman–Crippen MR) is 63.2 cm³/mol. The van der Waals surface area contributed by atoms with Crippen LogP contribution in [0, 0.1) is 13.8 Å². The monoisotopic (exact) mass is 226 g/mol. The summed E-state index contributed by atoms with van der Waals surface area (Å²) in [5.41, 5.74) is 0.983. The molecule has 3 nitrogen and oxygen atoms in total. The second-order valence-electron chi connectivity index (χ2n) is 3.80. The molecule has 0 bridgehead atoms. The van der Waals surface area contributed by atoms with Crippen molar-refractivity contribution in [3.63, 3.8) is 0 Å². The summed E-state index contributed by atoms with van der Waals surface area (Å²) in [6.07, 6.45) is 1.42. The van der Waals surface area contributed by atoms with Crippen LogP contribution in [0.15, 0.2) is 0 Å². The van der Waals surface area contributed by atoms with Crippen LogP contribution >= 0.6 is 11.3 Å². The Morgan fingerprint density at radius 2 is 2.20 bits per heavy atom. The molecule has 1 unspecified atom stereocenters. The summed E-state index contributed by atoms with van der Waals surface area (Å²) in [5.74, 6) is 0.0936. The first-order valence-corrected chi connectivity index (χ1v) is 6.06. The number of hydrogen-bond acceptors (Lipinski definition) is 3. The van der Waals surface area contributed by atoms with E-state index in [1.807, 2.05) is 20.8 Å². The van der Waals surface area contributed by atoms with Crippen molar-refractivity contribution < 1.29 is 4.79 Å². The van der Waals surface area contributed by atoms with Crippen molar-refractivity contribution in [2.24, 2.45) is 0 Å². The Morgan fingerprint density at radius 1 is 1.53 bits per heavy atom. The van der Waals surface area contributed by atoms with Crippen LogP contribution in [0.1, 0.15) is 35.8 Å². The maximum atomic E-state index is 11.6. The highest BCUT2D eigenvalue weighted by Crippen LogP contribution is 2.17. The van der Waals surface area contributed by atoms with Gasteiger partial charge in [0.2, 0.25) is 5.91 Å². The largest absolute Gasteiger partial charge is 0.353 e. The highest BCUT2D eigenvalue weighted by atomic mass is 32.1. The van der Waals surface area contributed by atoms with Crippen LogP contribution in [-0.4, -0.2) is 16.9 Å². The van der Waals surface area contributed by atoms with E-state index >= 15 is 0 Å². The van der Waals surface area contributed by atoms with Gasteiger partial charge < -0.3 is 5.32 Å². The summed E-state index contributed by atoms with van der Waals surface area (Å²) < 4.78 is 0. The van der Waals surface area contributed by atoms with Gasteiger partial charge in [0.15, 0.2) is 0 Å². The average Bonchev–Trinajstić information content (AvgIpc) is 2.44. The number of aromatic nitrogens is 1. The van der Waals surface area contributed by atoms with Crippen molar-refractivity contribution in [1.82, 2.24) is 10.3 Å². The van der Waals surface area contributed by atoms with Crippen LogP contribution < -0.4 is 5.32 Å². The van der Waals surface area contributed by atoms with Crippen LogP contribution in [0.4, 0.5) is 0 Å². The molecule has 0 aromatic carbocycles. The smallest absolute Gasteiger partial charge is 0.225 e. The van der Waals surface area contributed by atoms with Crippen LogP contribution in [0.5, 0.6) is 0 Å². The lowest BCUT2D eigenvalue weighted by Gasteiger charge is -2.10. The SMILES string of the molecule is CCC(C)NC(=O)Cc1sc(C)nc1C. The molecule has 0 spiro atoms. The van der Waals surface area contributed by atoms with E-state index in [2.05, 4.69) is 17.2 Å². The number of nitrogens with zero attached hydrogens (tertiary/aromatic N) is 1. The zero-order valence-electron chi connectivity index (χ0n) is 9.76. The number of hydrogen-bond donors (Lipinski definition) is 1. The minimum absolute atomic E-state index is 0.0936. The fraction of sp³-hybridized carbons (Fsp3) is 0.636. The van der Waals surface area contributed by atoms with Gasteiger partial charge in [-0.2, -0.15) is 0 Å². The quantitative estimate of drug-likeness (QED) is 0.855. The highest BCUT2D eigenvalue weighted by molar-refractivity contribution is 7.11. The van der Waals surface area contributed by atoms with Gasteiger partial charge in [0.05, 0.1) is 17.1 Å². The summed E-state index contributed by atoms with van der Waals surface area (Å²) in [5, 5.41) is 3.98. The van der Waals surface area contributed by atoms with Crippen molar-refractivity contribution >= 4 is 17.2 Å². The van der Waals surface area contributed by atoms with Gasteiger partial charge in [-0.05, 0) is 27.2 Å². The number of carbonyl (C=O) groups excluding carboxylic acids is 1. The minimum Gasteiger partial charge on any atom is -0.353 e. The molecular formula is C11H18N2OS. The Labute approximate surface area is 94.9 Å². The van der Waals surface area contributed by atoms with Gasteiger partial charge in [-0.1, -0.05) is 6.92 Å². The summed E-state index contributed by atoms with van der Waals surface area (Å²) in [7, 11) is 0. The molecule has 1 aromatic rings. The van der Waals surface area contributed by atoms with Crippen LogP contribution in [0.3, 0.4) is 0 Å². The molecule has 1 rings (SSSR count). The van der Waals surface area contributed by atoms with E-state index in [4.69, 9.17) is 0 Å². The molecule has 0 aliphatic carbocycles. The molecule has 1 amide bonds. The third-order valence-corrected chi connectivity index (χ3v) is 3.41. The highest BCUT2D eigenvalue weighted by Gasteiger charge is 2.11. The van der Waals surface area contributed by atoms with Crippen molar-refractivity contribution in [1.29, 1.82) is 0 Å². The zero-order chi connectivity index (χ0) is 11.4. The number of rotatable bonds is 4. The number of nitrogens with one attached hydrogen (secondary N) is 1. The summed E-state index contributed by atoms with van der Waals surface area (Å²) in [6, 6.07) is 0.256. The Balaban J connectivity index is 2.55. The summed E-state index contributed by atoms with van der Waals surface area (Å²) in [6.45, 7) is 8.00. The van der Waals surface area contributed by atoms with Gasteiger partial charge in [0.25, 0.3) is 0 Å². The Kier molecular flexibility index (Phi) is 4.27. The lowest BCUT2D eigenvalue weighted by Crippen LogP contribution is -2.33. The van der Waals surface area contributed by atoms with Gasteiger partial charge in [0.1, 0.15) is 0 Å². The number of carbonyl (C=O) groups is 1. The molecule has 0 aliphatic heterocycles. The molecular weight excluding hydrogens is 208 g/mol. The van der Waals surface area contributed by atoms with E-state index in [1.54, 1.807) is 11.3 Å². The standard InChI is InChI=1S/C11H18N2OS/c1-5-7(2)12-11(14)6-10-8(3)13-9(4)15-10/h7H,5-6H2,1-4H3,(H,12,14). The predicted octanol–water partition coefficient (Wildman–Crippen LogP) is 2.22.